The molecule has 1 aliphatic heterocycles. The molecule has 14 heteroatoms. The van der Waals surface area contributed by atoms with Gasteiger partial charge in [0.2, 0.25) is 5.95 Å². The summed E-state index contributed by atoms with van der Waals surface area (Å²) >= 11 is 0. The molecule has 1 N–H and O–H groups in total. The molecule has 1 atom stereocenters. The molecule has 2 aromatic carbocycles. The predicted octanol–water partition coefficient (Wildman–Crippen LogP) is 4.78. The number of alkyl halides is 3. The van der Waals surface area contributed by atoms with Crippen LogP contribution in [0.15, 0.2) is 54.7 Å². The molecule has 0 spiro atoms. The van der Waals surface area contributed by atoms with Crippen LogP contribution in [0.1, 0.15) is 6.92 Å². The smallest absolute Gasteiger partial charge is 0.490 e. The number of rotatable bonds is 10. The van der Waals surface area contributed by atoms with Gasteiger partial charge in [0.25, 0.3) is 0 Å². The number of methoxy groups -OCH3 is 3. The molecule has 1 saturated heterocycles. The molecule has 0 aliphatic carbocycles. The molecule has 44 heavy (non-hydrogen) atoms. The van der Waals surface area contributed by atoms with Crippen molar-refractivity contribution in [3.8, 4) is 28.5 Å². The first-order valence-corrected chi connectivity index (χ1v) is 13.9. The summed E-state index contributed by atoms with van der Waals surface area (Å²) in [5.41, 5.74) is 3.91. The van der Waals surface area contributed by atoms with Crippen LogP contribution >= 0.6 is 0 Å². The summed E-state index contributed by atoms with van der Waals surface area (Å²) in [7, 11) is 4.79. The van der Waals surface area contributed by atoms with Gasteiger partial charge in [0, 0.05) is 44.5 Å². The van der Waals surface area contributed by atoms with Gasteiger partial charge in [-0.25, -0.2) is 14.3 Å². The number of benzene rings is 2. The highest BCUT2D eigenvalue weighted by Gasteiger charge is 2.42. The molecule has 234 valence electrons. The first kappa shape index (κ1) is 30.7. The van der Waals surface area contributed by atoms with Crippen molar-refractivity contribution in [3.63, 3.8) is 0 Å². The fourth-order valence-electron chi connectivity index (χ4n) is 5.19. The van der Waals surface area contributed by atoms with Crippen LogP contribution in [0.25, 0.3) is 16.8 Å². The summed E-state index contributed by atoms with van der Waals surface area (Å²) in [6.07, 6.45) is -4.16. The molecule has 1 fully saturated rings. The summed E-state index contributed by atoms with van der Waals surface area (Å²) in [6, 6.07) is 15.2. The van der Waals surface area contributed by atoms with E-state index in [1.165, 1.54) is 6.92 Å². The number of halogens is 3. The van der Waals surface area contributed by atoms with Crippen LogP contribution in [-0.2, 0) is 9.53 Å². The second-order valence-electron chi connectivity index (χ2n) is 10.2. The van der Waals surface area contributed by atoms with E-state index in [0.29, 0.717) is 55.1 Å². The van der Waals surface area contributed by atoms with E-state index in [1.54, 1.807) is 32.0 Å². The normalized spacial score (nSPS) is 14.8. The number of fused-ring (bicyclic) bond motifs is 1. The lowest BCUT2D eigenvalue weighted by molar-refractivity contribution is -0.204. The van der Waals surface area contributed by atoms with E-state index in [0.717, 1.165) is 22.5 Å². The third-order valence-electron chi connectivity index (χ3n) is 7.31. The molecule has 0 saturated carbocycles. The number of nitrogens with one attached hydrogen (secondary N) is 1. The Hall–Kier alpha value is -4.72. The van der Waals surface area contributed by atoms with Crippen LogP contribution < -0.4 is 24.4 Å². The molecule has 0 radical (unpaired) electrons. The Morgan fingerprint density at radius 1 is 0.955 bits per heavy atom. The quantitative estimate of drug-likeness (QED) is 0.251. The Morgan fingerprint density at radius 3 is 2.27 bits per heavy atom. The monoisotopic (exact) mass is 614 g/mol. The summed E-state index contributed by atoms with van der Waals surface area (Å²) < 4.78 is 60.6. The largest absolute Gasteiger partial charge is 0.496 e. The molecule has 0 bridgehead atoms. The van der Waals surface area contributed by atoms with Gasteiger partial charge in [-0.2, -0.15) is 13.2 Å². The highest BCUT2D eigenvalue weighted by Crippen LogP contribution is 2.39. The lowest BCUT2D eigenvalue weighted by atomic mass is 10.1. The number of ether oxygens (including phenoxy) is 4. The summed E-state index contributed by atoms with van der Waals surface area (Å²) in [5, 5.41) is 7.97. The number of aromatic nitrogens is 3. The van der Waals surface area contributed by atoms with Gasteiger partial charge < -0.3 is 29.2 Å². The highest BCUT2D eigenvalue weighted by atomic mass is 19.4. The van der Waals surface area contributed by atoms with Gasteiger partial charge in [0.1, 0.15) is 23.4 Å². The maximum absolute atomic E-state index is 12.5. The van der Waals surface area contributed by atoms with Gasteiger partial charge in [-0.1, -0.05) is 6.07 Å². The molecular formula is C30H33F3N6O5. The number of anilines is 3. The zero-order valence-corrected chi connectivity index (χ0v) is 24.7. The van der Waals surface area contributed by atoms with Crippen molar-refractivity contribution in [2.75, 3.05) is 64.3 Å². The van der Waals surface area contributed by atoms with E-state index in [9.17, 15) is 18.0 Å². The molecular weight excluding hydrogens is 581 g/mol. The maximum atomic E-state index is 12.5. The van der Waals surface area contributed by atoms with Gasteiger partial charge in [-0.15, -0.1) is 5.10 Å². The third kappa shape index (κ3) is 6.59. The van der Waals surface area contributed by atoms with Crippen molar-refractivity contribution in [1.29, 1.82) is 0 Å². The van der Waals surface area contributed by atoms with Crippen molar-refractivity contribution in [1.82, 2.24) is 19.5 Å². The number of carbonyl (C=O) groups is 1. The molecule has 2 aromatic heterocycles. The zero-order valence-electron chi connectivity index (χ0n) is 24.7. The van der Waals surface area contributed by atoms with E-state index in [-0.39, 0.29) is 6.54 Å². The summed E-state index contributed by atoms with van der Waals surface area (Å²) in [5.74, 6) is 0.0643. The average Bonchev–Trinajstić information content (AvgIpc) is 3.43. The number of esters is 1. The van der Waals surface area contributed by atoms with Gasteiger partial charge in [-0.05, 0) is 43.3 Å². The third-order valence-corrected chi connectivity index (χ3v) is 7.31. The van der Waals surface area contributed by atoms with Crippen molar-refractivity contribution < 1.29 is 36.9 Å². The van der Waals surface area contributed by atoms with E-state index in [4.69, 9.17) is 19.3 Å². The van der Waals surface area contributed by atoms with Gasteiger partial charge in [0.15, 0.2) is 0 Å². The molecule has 11 nitrogen and oxygen atoms in total. The van der Waals surface area contributed by atoms with Crippen LogP contribution in [0, 0.1) is 0 Å². The van der Waals surface area contributed by atoms with Gasteiger partial charge in [0.05, 0.1) is 50.0 Å². The molecule has 5 rings (SSSR count). The van der Waals surface area contributed by atoms with Crippen LogP contribution in [0.4, 0.5) is 30.5 Å². The van der Waals surface area contributed by atoms with Crippen molar-refractivity contribution in [3.05, 3.63) is 54.7 Å². The Labute approximate surface area is 252 Å². The first-order chi connectivity index (χ1) is 21.1. The minimum Gasteiger partial charge on any atom is -0.496 e. The predicted molar refractivity (Wildman–Crippen MR) is 158 cm³/mol. The lowest BCUT2D eigenvalue weighted by Crippen LogP contribution is -2.49. The number of hydrogen-bond donors (Lipinski definition) is 1. The Bertz CT molecular complexity index is 1600. The fourth-order valence-corrected chi connectivity index (χ4v) is 5.19. The van der Waals surface area contributed by atoms with E-state index in [2.05, 4.69) is 19.9 Å². The number of piperazine rings is 1. The standard InChI is InChI=1S/C30H33F3N6O5/c1-19(44-28(40)30(31,32)33)18-37-12-14-38(15-13-37)20-8-10-22(26(16-20)43-4)35-29-34-17-21-9-11-23(39(21)36-29)27-24(41-2)6-5-7-25(27)42-3/h5-11,16-17,19H,12-15,18H2,1-4H3,(H,35,36)/t19-/m0/s1. The molecule has 0 amide bonds. The highest BCUT2D eigenvalue weighted by molar-refractivity contribution is 5.78. The maximum Gasteiger partial charge on any atom is 0.490 e. The minimum atomic E-state index is -5.00. The van der Waals surface area contributed by atoms with Crippen molar-refractivity contribution in [2.24, 2.45) is 0 Å². The van der Waals surface area contributed by atoms with Gasteiger partial charge >= 0.3 is 12.1 Å². The summed E-state index contributed by atoms with van der Waals surface area (Å²) in [4.78, 5) is 19.7. The minimum absolute atomic E-state index is 0.221. The topological polar surface area (TPSA) is 103 Å². The van der Waals surface area contributed by atoms with E-state index >= 15 is 0 Å². The Morgan fingerprint density at radius 2 is 1.64 bits per heavy atom. The molecule has 3 heterocycles. The van der Waals surface area contributed by atoms with Crippen molar-refractivity contribution >= 4 is 28.8 Å². The fraction of sp³-hybridized carbons (Fsp3) is 0.367. The van der Waals surface area contributed by atoms with Crippen LogP contribution in [0.3, 0.4) is 0 Å². The zero-order chi connectivity index (χ0) is 31.4. The molecule has 1 aliphatic rings. The number of nitrogens with zero attached hydrogens (tertiary/aromatic N) is 5. The van der Waals surface area contributed by atoms with Crippen LogP contribution in [0.2, 0.25) is 0 Å². The lowest BCUT2D eigenvalue weighted by Gasteiger charge is -2.37. The molecule has 4 aromatic rings. The second kappa shape index (κ2) is 12.9. The Balaban J connectivity index is 1.28. The summed E-state index contributed by atoms with van der Waals surface area (Å²) in [6.45, 7) is 4.15. The number of carbonyl (C=O) groups excluding carboxylic acids is 1. The van der Waals surface area contributed by atoms with Gasteiger partial charge in [-0.3, -0.25) is 4.90 Å². The van der Waals surface area contributed by atoms with Crippen molar-refractivity contribution in [2.45, 2.75) is 19.2 Å². The SMILES string of the molecule is COc1cc(N2CCN(C[C@H](C)OC(=O)C(F)(F)F)CC2)ccc1Nc1ncc2ccc(-c3c(OC)cccc3OC)n2n1. The number of hydrogen-bond acceptors (Lipinski definition) is 10. The van der Waals surface area contributed by atoms with Crippen LogP contribution in [-0.4, -0.2) is 91.8 Å². The van der Waals surface area contributed by atoms with E-state index < -0.39 is 18.2 Å². The Kier molecular flexibility index (Phi) is 8.99. The van der Waals surface area contributed by atoms with Crippen LogP contribution in [0.5, 0.6) is 17.2 Å². The first-order valence-electron chi connectivity index (χ1n) is 13.9. The molecule has 0 unspecified atom stereocenters. The average molecular weight is 615 g/mol. The van der Waals surface area contributed by atoms with E-state index in [1.807, 2.05) is 53.4 Å². The second-order valence-corrected chi connectivity index (χ2v) is 10.2.